The van der Waals surface area contributed by atoms with Crippen molar-refractivity contribution in [2.24, 2.45) is 11.8 Å². The van der Waals surface area contributed by atoms with Crippen molar-refractivity contribution in [2.75, 3.05) is 7.05 Å². The number of nitrogens with one attached hydrogen (secondary N) is 1. The lowest BCUT2D eigenvalue weighted by Crippen LogP contribution is -2.36. The zero-order chi connectivity index (χ0) is 11.3. The molecule has 1 unspecified atom stereocenters. The molecule has 0 heterocycles. The summed E-state index contributed by atoms with van der Waals surface area (Å²) in [6.45, 7) is 8.72. The first-order chi connectivity index (χ1) is 7.17. The Kier molecular flexibility index (Phi) is 5.38. The van der Waals surface area contributed by atoms with Crippen LogP contribution in [0.5, 0.6) is 0 Å². The molecule has 0 bridgehead atoms. The highest BCUT2D eigenvalue weighted by Crippen LogP contribution is 2.32. The molecule has 1 atom stereocenters. The second-order valence-electron chi connectivity index (χ2n) is 5.22. The minimum Gasteiger partial charge on any atom is -0.316 e. The molecule has 1 fully saturated rings. The molecule has 0 radical (unpaired) electrons. The monoisotopic (exact) mass is 209 g/mol. The number of rotatable bonds is 5. The molecule has 0 aromatic carbocycles. The fourth-order valence-electron chi connectivity index (χ4n) is 2.65. The van der Waals surface area contributed by atoms with Crippen molar-refractivity contribution in [3.8, 4) is 0 Å². The van der Waals surface area contributed by atoms with Crippen LogP contribution in [0.4, 0.5) is 0 Å². The van der Waals surface area contributed by atoms with Crippen LogP contribution in [0.3, 0.4) is 0 Å². The summed E-state index contributed by atoms with van der Waals surface area (Å²) in [5.41, 5.74) is 1.40. The van der Waals surface area contributed by atoms with Gasteiger partial charge in [-0.25, -0.2) is 0 Å². The Labute approximate surface area is 95.3 Å². The molecule has 1 aliphatic carbocycles. The molecule has 0 aromatic heterocycles. The van der Waals surface area contributed by atoms with Gasteiger partial charge >= 0.3 is 0 Å². The Bertz CT molecular complexity index is 190. The molecule has 1 N–H and O–H groups in total. The molecule has 15 heavy (non-hydrogen) atoms. The van der Waals surface area contributed by atoms with Gasteiger partial charge in [0, 0.05) is 6.04 Å². The fourth-order valence-corrected chi connectivity index (χ4v) is 2.65. The molecule has 0 aromatic rings. The summed E-state index contributed by atoms with van der Waals surface area (Å²) in [6.07, 6.45) is 7.95. The highest BCUT2D eigenvalue weighted by molar-refractivity contribution is 4.98. The van der Waals surface area contributed by atoms with Crippen molar-refractivity contribution in [1.29, 1.82) is 0 Å². The summed E-state index contributed by atoms with van der Waals surface area (Å²) in [4.78, 5) is 0. The summed E-state index contributed by atoms with van der Waals surface area (Å²) in [5.74, 6) is 1.84. The van der Waals surface area contributed by atoms with Gasteiger partial charge in [0.2, 0.25) is 0 Å². The first-order valence-electron chi connectivity index (χ1n) is 6.51. The lowest BCUT2D eigenvalue weighted by atomic mass is 9.77. The minimum atomic E-state index is 0.671. The van der Waals surface area contributed by atoms with Gasteiger partial charge in [0.1, 0.15) is 0 Å². The zero-order valence-electron chi connectivity index (χ0n) is 10.7. The van der Waals surface area contributed by atoms with Crippen molar-refractivity contribution in [3.05, 3.63) is 12.2 Å². The van der Waals surface area contributed by atoms with Gasteiger partial charge in [-0.1, -0.05) is 38.8 Å². The van der Waals surface area contributed by atoms with Gasteiger partial charge in [0.15, 0.2) is 0 Å². The first-order valence-corrected chi connectivity index (χ1v) is 6.51. The van der Waals surface area contributed by atoms with Crippen LogP contribution in [0.15, 0.2) is 12.2 Å². The lowest BCUT2D eigenvalue weighted by molar-refractivity contribution is 0.234. The van der Waals surface area contributed by atoms with Crippen molar-refractivity contribution in [1.82, 2.24) is 5.32 Å². The quantitative estimate of drug-likeness (QED) is 0.680. The van der Waals surface area contributed by atoms with E-state index in [2.05, 4.69) is 32.8 Å². The van der Waals surface area contributed by atoms with E-state index in [0.29, 0.717) is 6.04 Å². The third-order valence-electron chi connectivity index (χ3n) is 4.01. The molecule has 88 valence electrons. The number of hydrogen-bond donors (Lipinski definition) is 1. The SMILES string of the molecule is C=C(CC)CC(NC)C1CCC(C)CC1. The Morgan fingerprint density at radius 3 is 2.40 bits per heavy atom. The van der Waals surface area contributed by atoms with Gasteiger partial charge < -0.3 is 5.32 Å². The second kappa shape index (κ2) is 6.32. The maximum Gasteiger partial charge on any atom is 0.0129 e. The molecule has 1 rings (SSSR count). The van der Waals surface area contributed by atoms with Crippen LogP contribution in [0.2, 0.25) is 0 Å². The Hall–Kier alpha value is -0.300. The smallest absolute Gasteiger partial charge is 0.0129 e. The molecule has 1 nitrogen and oxygen atoms in total. The van der Waals surface area contributed by atoms with E-state index < -0.39 is 0 Å². The summed E-state index contributed by atoms with van der Waals surface area (Å²) in [6, 6.07) is 0.671. The van der Waals surface area contributed by atoms with Crippen molar-refractivity contribution in [2.45, 2.75) is 58.4 Å². The maximum atomic E-state index is 4.13. The van der Waals surface area contributed by atoms with E-state index in [1.165, 1.54) is 37.7 Å². The molecule has 0 aliphatic heterocycles. The third-order valence-corrected chi connectivity index (χ3v) is 4.01. The average molecular weight is 209 g/mol. The van der Waals surface area contributed by atoms with Crippen LogP contribution >= 0.6 is 0 Å². The molecule has 0 spiro atoms. The predicted octanol–water partition coefficient (Wildman–Crippen LogP) is 3.76. The third kappa shape index (κ3) is 3.98. The standard InChI is InChI=1S/C14H27N/c1-5-11(2)10-14(15-4)13-8-6-12(3)7-9-13/h12-15H,2,5-10H2,1,3-4H3. The maximum absolute atomic E-state index is 4.13. The van der Waals surface area contributed by atoms with Crippen LogP contribution in [-0.2, 0) is 0 Å². The van der Waals surface area contributed by atoms with E-state index in [0.717, 1.165) is 18.3 Å². The minimum absolute atomic E-state index is 0.671. The van der Waals surface area contributed by atoms with Gasteiger partial charge in [0.05, 0.1) is 0 Å². The van der Waals surface area contributed by atoms with Gasteiger partial charge in [0.25, 0.3) is 0 Å². The van der Waals surface area contributed by atoms with Gasteiger partial charge in [-0.3, -0.25) is 0 Å². The van der Waals surface area contributed by atoms with Crippen LogP contribution in [-0.4, -0.2) is 13.1 Å². The summed E-state index contributed by atoms with van der Waals surface area (Å²) >= 11 is 0. The summed E-state index contributed by atoms with van der Waals surface area (Å²) < 4.78 is 0. The largest absolute Gasteiger partial charge is 0.316 e. The Morgan fingerprint density at radius 2 is 1.93 bits per heavy atom. The Balaban J connectivity index is 2.40. The Morgan fingerprint density at radius 1 is 1.33 bits per heavy atom. The van der Waals surface area contributed by atoms with E-state index in [1.807, 2.05) is 0 Å². The van der Waals surface area contributed by atoms with Crippen molar-refractivity contribution >= 4 is 0 Å². The molecule has 1 heteroatoms. The van der Waals surface area contributed by atoms with Crippen LogP contribution in [0, 0.1) is 11.8 Å². The normalized spacial score (nSPS) is 28.7. The highest BCUT2D eigenvalue weighted by Gasteiger charge is 2.24. The molecule has 0 saturated heterocycles. The molecular weight excluding hydrogens is 182 g/mol. The average Bonchev–Trinajstić information content (AvgIpc) is 2.27. The number of hydrogen-bond acceptors (Lipinski definition) is 1. The van der Waals surface area contributed by atoms with E-state index in [4.69, 9.17) is 0 Å². The molecular formula is C14H27N. The van der Waals surface area contributed by atoms with Gasteiger partial charge in [-0.05, 0) is 44.6 Å². The molecule has 1 saturated carbocycles. The van der Waals surface area contributed by atoms with Gasteiger partial charge in [-0.15, -0.1) is 0 Å². The second-order valence-corrected chi connectivity index (χ2v) is 5.22. The van der Waals surface area contributed by atoms with Crippen LogP contribution in [0.25, 0.3) is 0 Å². The molecule has 1 aliphatic rings. The van der Waals surface area contributed by atoms with E-state index in [1.54, 1.807) is 0 Å². The summed E-state index contributed by atoms with van der Waals surface area (Å²) in [5, 5.41) is 3.49. The molecule has 0 amide bonds. The zero-order valence-corrected chi connectivity index (χ0v) is 10.7. The summed E-state index contributed by atoms with van der Waals surface area (Å²) in [7, 11) is 2.10. The van der Waals surface area contributed by atoms with E-state index in [9.17, 15) is 0 Å². The van der Waals surface area contributed by atoms with Crippen molar-refractivity contribution in [3.63, 3.8) is 0 Å². The predicted molar refractivity (Wildman–Crippen MR) is 68.0 cm³/mol. The lowest BCUT2D eigenvalue weighted by Gasteiger charge is -2.33. The van der Waals surface area contributed by atoms with Crippen LogP contribution in [0.1, 0.15) is 52.4 Å². The van der Waals surface area contributed by atoms with E-state index in [-0.39, 0.29) is 0 Å². The van der Waals surface area contributed by atoms with Gasteiger partial charge in [-0.2, -0.15) is 0 Å². The van der Waals surface area contributed by atoms with Crippen molar-refractivity contribution < 1.29 is 0 Å². The van der Waals surface area contributed by atoms with E-state index >= 15 is 0 Å². The fraction of sp³-hybridized carbons (Fsp3) is 0.857. The topological polar surface area (TPSA) is 12.0 Å². The first kappa shape index (κ1) is 12.8. The highest BCUT2D eigenvalue weighted by atomic mass is 14.9. The van der Waals surface area contributed by atoms with Crippen LogP contribution < -0.4 is 5.32 Å².